The quantitative estimate of drug-likeness (QED) is 0.487. The summed E-state index contributed by atoms with van der Waals surface area (Å²) in [7, 11) is 0. The number of hydrogen-bond acceptors (Lipinski definition) is 6. The van der Waals surface area contributed by atoms with E-state index in [0.29, 0.717) is 37.6 Å². The topological polar surface area (TPSA) is 71.1 Å². The summed E-state index contributed by atoms with van der Waals surface area (Å²) in [5, 5.41) is 0. The number of carbonyl (C=O) groups is 2. The van der Waals surface area contributed by atoms with Gasteiger partial charge in [0, 0.05) is 13.2 Å². The molecule has 122 valence electrons. The molecule has 22 heavy (non-hydrogen) atoms. The van der Waals surface area contributed by atoms with E-state index in [0.717, 1.165) is 0 Å². The summed E-state index contributed by atoms with van der Waals surface area (Å²) >= 11 is 0. The number of rotatable bonds is 10. The minimum atomic E-state index is -0.448. The van der Waals surface area contributed by atoms with Crippen LogP contribution in [0.25, 0.3) is 0 Å². The van der Waals surface area contributed by atoms with Crippen LogP contribution >= 0.6 is 0 Å². The molecular weight excluding hydrogens is 288 g/mol. The SMILES string of the molecule is CCOCCOC(=O)c1ccc(C(=O)OCCOCC)cc1. The van der Waals surface area contributed by atoms with Crippen molar-refractivity contribution >= 4 is 11.9 Å². The molecule has 0 amide bonds. The van der Waals surface area contributed by atoms with Crippen molar-refractivity contribution in [1.29, 1.82) is 0 Å². The minimum Gasteiger partial charge on any atom is -0.460 e. The van der Waals surface area contributed by atoms with Gasteiger partial charge in [-0.1, -0.05) is 0 Å². The lowest BCUT2D eigenvalue weighted by molar-refractivity contribution is 0.0325. The van der Waals surface area contributed by atoms with Crippen LogP contribution in [-0.4, -0.2) is 51.6 Å². The number of hydrogen-bond donors (Lipinski definition) is 0. The fourth-order valence-corrected chi connectivity index (χ4v) is 1.58. The molecule has 0 fully saturated rings. The Bertz CT molecular complexity index is 411. The second-order valence-corrected chi connectivity index (χ2v) is 4.24. The average molecular weight is 310 g/mol. The highest BCUT2D eigenvalue weighted by atomic mass is 16.6. The lowest BCUT2D eigenvalue weighted by atomic mass is 10.1. The summed E-state index contributed by atoms with van der Waals surface area (Å²) in [6, 6.07) is 6.12. The first-order chi connectivity index (χ1) is 10.7. The Labute approximate surface area is 130 Å². The first-order valence-corrected chi connectivity index (χ1v) is 7.28. The van der Waals surface area contributed by atoms with Crippen molar-refractivity contribution in [1.82, 2.24) is 0 Å². The molecule has 6 heteroatoms. The molecule has 0 spiro atoms. The third-order valence-electron chi connectivity index (χ3n) is 2.69. The van der Waals surface area contributed by atoms with Gasteiger partial charge in [0.15, 0.2) is 0 Å². The van der Waals surface area contributed by atoms with Gasteiger partial charge in [0.1, 0.15) is 13.2 Å². The third-order valence-corrected chi connectivity index (χ3v) is 2.69. The molecule has 0 N–H and O–H groups in total. The van der Waals surface area contributed by atoms with E-state index < -0.39 is 11.9 Å². The first kappa shape index (κ1) is 18.1. The summed E-state index contributed by atoms with van der Waals surface area (Å²) in [6.45, 7) is 6.04. The van der Waals surface area contributed by atoms with Gasteiger partial charge in [0.25, 0.3) is 0 Å². The van der Waals surface area contributed by atoms with E-state index in [2.05, 4.69) is 0 Å². The van der Waals surface area contributed by atoms with E-state index in [4.69, 9.17) is 18.9 Å². The molecule has 6 nitrogen and oxygen atoms in total. The summed E-state index contributed by atoms with van der Waals surface area (Å²) in [5.41, 5.74) is 0.754. The van der Waals surface area contributed by atoms with Crippen molar-refractivity contribution in [3.05, 3.63) is 35.4 Å². The van der Waals surface area contributed by atoms with Crippen LogP contribution in [0.4, 0.5) is 0 Å². The van der Waals surface area contributed by atoms with Crippen LogP contribution in [0.1, 0.15) is 34.6 Å². The predicted molar refractivity (Wildman–Crippen MR) is 80.0 cm³/mol. The molecule has 0 saturated heterocycles. The summed E-state index contributed by atoms with van der Waals surface area (Å²) < 4.78 is 20.2. The number of ether oxygens (including phenoxy) is 4. The molecule has 0 heterocycles. The highest BCUT2D eigenvalue weighted by molar-refractivity contribution is 5.93. The molecule has 0 aliphatic heterocycles. The molecule has 1 aromatic carbocycles. The van der Waals surface area contributed by atoms with Gasteiger partial charge in [-0.15, -0.1) is 0 Å². The first-order valence-electron chi connectivity index (χ1n) is 7.28. The zero-order valence-corrected chi connectivity index (χ0v) is 13.0. The predicted octanol–water partition coefficient (Wildman–Crippen LogP) is 2.07. The van der Waals surface area contributed by atoms with Gasteiger partial charge in [-0.25, -0.2) is 9.59 Å². The van der Waals surface area contributed by atoms with Crippen molar-refractivity contribution in [2.45, 2.75) is 13.8 Å². The fourth-order valence-electron chi connectivity index (χ4n) is 1.58. The maximum Gasteiger partial charge on any atom is 0.338 e. The van der Waals surface area contributed by atoms with Gasteiger partial charge in [-0.3, -0.25) is 0 Å². The fraction of sp³-hybridized carbons (Fsp3) is 0.500. The van der Waals surface area contributed by atoms with Crippen molar-refractivity contribution in [3.63, 3.8) is 0 Å². The monoisotopic (exact) mass is 310 g/mol. The average Bonchev–Trinajstić information content (AvgIpc) is 2.55. The Kier molecular flexibility index (Phi) is 8.86. The van der Waals surface area contributed by atoms with Gasteiger partial charge < -0.3 is 18.9 Å². The van der Waals surface area contributed by atoms with E-state index in [1.807, 2.05) is 13.8 Å². The Morgan fingerprint density at radius 3 is 1.41 bits per heavy atom. The lowest BCUT2D eigenvalue weighted by Gasteiger charge is -2.07. The molecule has 0 radical (unpaired) electrons. The standard InChI is InChI=1S/C16H22O6/c1-3-19-9-11-21-15(17)13-5-7-14(8-6-13)16(18)22-12-10-20-4-2/h5-8H,3-4,9-12H2,1-2H3. The molecule has 0 atom stereocenters. The molecule has 0 bridgehead atoms. The van der Waals surface area contributed by atoms with Crippen molar-refractivity contribution in [3.8, 4) is 0 Å². The van der Waals surface area contributed by atoms with Gasteiger partial charge >= 0.3 is 11.9 Å². The zero-order chi connectivity index (χ0) is 16.2. The van der Waals surface area contributed by atoms with E-state index in [-0.39, 0.29) is 13.2 Å². The molecule has 0 saturated carbocycles. The highest BCUT2D eigenvalue weighted by Gasteiger charge is 2.10. The Hall–Kier alpha value is -1.92. The van der Waals surface area contributed by atoms with Crippen LogP contribution < -0.4 is 0 Å². The Balaban J connectivity index is 2.41. The second-order valence-electron chi connectivity index (χ2n) is 4.24. The third kappa shape index (κ3) is 6.69. The summed E-state index contributed by atoms with van der Waals surface area (Å²) in [6.07, 6.45) is 0. The van der Waals surface area contributed by atoms with Crippen LogP contribution in [-0.2, 0) is 18.9 Å². The molecule has 0 aliphatic rings. The van der Waals surface area contributed by atoms with Crippen molar-refractivity contribution in [2.75, 3.05) is 39.6 Å². The molecule has 0 aliphatic carbocycles. The van der Waals surface area contributed by atoms with Gasteiger partial charge in [0.2, 0.25) is 0 Å². The Morgan fingerprint density at radius 1 is 0.727 bits per heavy atom. The molecule has 0 aromatic heterocycles. The maximum absolute atomic E-state index is 11.7. The van der Waals surface area contributed by atoms with Crippen molar-refractivity contribution in [2.24, 2.45) is 0 Å². The van der Waals surface area contributed by atoms with Gasteiger partial charge in [0.05, 0.1) is 24.3 Å². The number of carbonyl (C=O) groups excluding carboxylic acids is 2. The van der Waals surface area contributed by atoms with E-state index in [1.54, 1.807) is 0 Å². The molecule has 1 aromatic rings. The summed E-state index contributed by atoms with van der Waals surface area (Å²) in [5.74, 6) is -0.896. The number of benzene rings is 1. The molecular formula is C16H22O6. The van der Waals surface area contributed by atoms with Crippen molar-refractivity contribution < 1.29 is 28.5 Å². The van der Waals surface area contributed by atoms with Gasteiger partial charge in [-0.2, -0.15) is 0 Å². The molecule has 1 rings (SSSR count). The highest BCUT2D eigenvalue weighted by Crippen LogP contribution is 2.07. The van der Waals surface area contributed by atoms with Crippen LogP contribution in [0.2, 0.25) is 0 Å². The van der Waals surface area contributed by atoms with Gasteiger partial charge in [-0.05, 0) is 38.1 Å². The Morgan fingerprint density at radius 2 is 1.09 bits per heavy atom. The van der Waals surface area contributed by atoms with E-state index in [1.165, 1.54) is 24.3 Å². The number of esters is 2. The minimum absolute atomic E-state index is 0.202. The smallest absolute Gasteiger partial charge is 0.338 e. The zero-order valence-electron chi connectivity index (χ0n) is 13.0. The second kappa shape index (κ2) is 10.8. The van der Waals surface area contributed by atoms with Crippen LogP contribution in [0, 0.1) is 0 Å². The van der Waals surface area contributed by atoms with E-state index >= 15 is 0 Å². The molecule has 0 unspecified atom stereocenters. The lowest BCUT2D eigenvalue weighted by Crippen LogP contribution is -2.12. The van der Waals surface area contributed by atoms with Crippen LogP contribution in [0.15, 0.2) is 24.3 Å². The summed E-state index contributed by atoms with van der Waals surface area (Å²) in [4.78, 5) is 23.4. The maximum atomic E-state index is 11.7. The largest absolute Gasteiger partial charge is 0.460 e. The van der Waals surface area contributed by atoms with Crippen LogP contribution in [0.5, 0.6) is 0 Å². The normalized spacial score (nSPS) is 10.3. The van der Waals surface area contributed by atoms with E-state index in [9.17, 15) is 9.59 Å². The van der Waals surface area contributed by atoms with Crippen LogP contribution in [0.3, 0.4) is 0 Å².